The third-order valence-corrected chi connectivity index (χ3v) is 3.34. The fraction of sp³-hybridized carbons (Fsp3) is 0.235. The molecule has 0 aliphatic heterocycles. The average Bonchev–Trinajstić information content (AvgIpc) is 2.54. The Hall–Kier alpha value is -2.41. The normalized spacial score (nSPS) is 11.4. The number of hydrogen-bond donors (Lipinski definition) is 1. The molecule has 0 bridgehead atoms. The molecule has 0 atom stereocenters. The van der Waals surface area contributed by atoms with Gasteiger partial charge in [-0.1, -0.05) is 18.2 Å². The number of benzene rings is 2. The number of alkyl halides is 3. The lowest BCUT2D eigenvalue weighted by atomic mass is 10.1. The van der Waals surface area contributed by atoms with Crippen LogP contribution in [0.1, 0.15) is 27.0 Å². The molecular formula is C17H15F4NO2. The van der Waals surface area contributed by atoms with Crippen molar-refractivity contribution in [2.45, 2.75) is 19.3 Å². The Balaban J connectivity index is 2.13. The summed E-state index contributed by atoms with van der Waals surface area (Å²) in [6.45, 7) is 0.0343. The van der Waals surface area contributed by atoms with Gasteiger partial charge in [0.1, 0.15) is 5.82 Å². The van der Waals surface area contributed by atoms with Gasteiger partial charge in [-0.25, -0.2) is 4.39 Å². The lowest BCUT2D eigenvalue weighted by Crippen LogP contribution is -2.26. The van der Waals surface area contributed by atoms with Crippen molar-refractivity contribution in [1.82, 2.24) is 5.32 Å². The third-order valence-electron chi connectivity index (χ3n) is 3.34. The minimum absolute atomic E-state index is 0.0258. The Kier molecular flexibility index (Phi) is 5.56. The summed E-state index contributed by atoms with van der Waals surface area (Å²) in [5.41, 5.74) is -0.591. The predicted molar refractivity (Wildman–Crippen MR) is 79.7 cm³/mol. The smallest absolute Gasteiger partial charge is 0.380 e. The summed E-state index contributed by atoms with van der Waals surface area (Å²) in [7, 11) is 1.42. The van der Waals surface area contributed by atoms with Crippen molar-refractivity contribution in [3.8, 4) is 0 Å². The Morgan fingerprint density at radius 2 is 1.88 bits per heavy atom. The Morgan fingerprint density at radius 3 is 2.54 bits per heavy atom. The largest absolute Gasteiger partial charge is 0.417 e. The monoisotopic (exact) mass is 341 g/mol. The molecule has 0 saturated carbocycles. The molecule has 24 heavy (non-hydrogen) atoms. The standard InChI is InChI=1S/C17H15F4NO2/c1-24-10-12-8-11(6-7-15(12)18)9-22-16(23)13-4-2-3-5-14(13)17(19,20)21/h2-8H,9-10H2,1H3,(H,22,23). The molecule has 0 aliphatic rings. The summed E-state index contributed by atoms with van der Waals surface area (Å²) in [6, 6.07) is 8.71. The van der Waals surface area contributed by atoms with Crippen LogP contribution in [-0.2, 0) is 24.1 Å². The number of ether oxygens (including phenoxy) is 1. The second kappa shape index (κ2) is 7.44. The molecule has 1 amide bonds. The zero-order valence-corrected chi connectivity index (χ0v) is 12.8. The summed E-state index contributed by atoms with van der Waals surface area (Å²) >= 11 is 0. The van der Waals surface area contributed by atoms with Crippen LogP contribution in [-0.4, -0.2) is 13.0 Å². The highest BCUT2D eigenvalue weighted by molar-refractivity contribution is 5.95. The Labute approximate surface area is 136 Å². The van der Waals surface area contributed by atoms with E-state index in [1.165, 1.54) is 37.4 Å². The SMILES string of the molecule is COCc1cc(CNC(=O)c2ccccc2C(F)(F)F)ccc1F. The average molecular weight is 341 g/mol. The van der Waals surface area contributed by atoms with Crippen LogP contribution in [0.3, 0.4) is 0 Å². The van der Waals surface area contributed by atoms with Crippen molar-refractivity contribution in [3.05, 3.63) is 70.5 Å². The first-order valence-corrected chi connectivity index (χ1v) is 7.03. The van der Waals surface area contributed by atoms with Crippen LogP contribution in [0, 0.1) is 5.82 Å². The molecule has 2 aromatic carbocycles. The zero-order chi connectivity index (χ0) is 17.7. The molecule has 3 nitrogen and oxygen atoms in total. The maximum absolute atomic E-state index is 13.5. The first-order valence-electron chi connectivity index (χ1n) is 7.03. The van der Waals surface area contributed by atoms with Gasteiger partial charge in [-0.05, 0) is 29.8 Å². The van der Waals surface area contributed by atoms with E-state index in [0.29, 0.717) is 11.1 Å². The lowest BCUT2D eigenvalue weighted by molar-refractivity contribution is -0.137. The molecule has 0 saturated heterocycles. The molecule has 0 aliphatic carbocycles. The maximum Gasteiger partial charge on any atom is 0.417 e. The summed E-state index contributed by atoms with van der Waals surface area (Å²) in [5, 5.41) is 2.41. The molecule has 128 valence electrons. The number of hydrogen-bond acceptors (Lipinski definition) is 2. The van der Waals surface area contributed by atoms with Crippen LogP contribution in [0.4, 0.5) is 17.6 Å². The van der Waals surface area contributed by atoms with Gasteiger partial charge in [0.05, 0.1) is 17.7 Å². The topological polar surface area (TPSA) is 38.3 Å². The van der Waals surface area contributed by atoms with E-state index in [1.54, 1.807) is 0 Å². The maximum atomic E-state index is 13.5. The van der Waals surface area contributed by atoms with Gasteiger partial charge >= 0.3 is 6.18 Å². The molecular weight excluding hydrogens is 326 g/mol. The second-order valence-electron chi connectivity index (χ2n) is 5.08. The van der Waals surface area contributed by atoms with E-state index in [9.17, 15) is 22.4 Å². The van der Waals surface area contributed by atoms with E-state index in [1.807, 2.05) is 0 Å². The van der Waals surface area contributed by atoms with Crippen LogP contribution in [0.2, 0.25) is 0 Å². The van der Waals surface area contributed by atoms with Crippen LogP contribution in [0.25, 0.3) is 0 Å². The molecule has 0 fully saturated rings. The van der Waals surface area contributed by atoms with Crippen LogP contribution in [0.15, 0.2) is 42.5 Å². The van der Waals surface area contributed by atoms with Crippen molar-refractivity contribution < 1.29 is 27.1 Å². The van der Waals surface area contributed by atoms with E-state index in [4.69, 9.17) is 4.74 Å². The van der Waals surface area contributed by atoms with Gasteiger partial charge in [-0.3, -0.25) is 4.79 Å². The summed E-state index contributed by atoms with van der Waals surface area (Å²) < 4.78 is 57.1. The fourth-order valence-corrected chi connectivity index (χ4v) is 2.21. The molecule has 7 heteroatoms. The molecule has 0 aromatic heterocycles. The van der Waals surface area contributed by atoms with E-state index < -0.39 is 29.0 Å². The van der Waals surface area contributed by atoms with Gasteiger partial charge in [-0.15, -0.1) is 0 Å². The van der Waals surface area contributed by atoms with Crippen LogP contribution >= 0.6 is 0 Å². The first kappa shape index (κ1) is 17.9. The van der Waals surface area contributed by atoms with Crippen molar-refractivity contribution >= 4 is 5.91 Å². The number of nitrogens with one attached hydrogen (secondary N) is 1. The van der Waals surface area contributed by atoms with Gasteiger partial charge in [0.25, 0.3) is 5.91 Å². The van der Waals surface area contributed by atoms with E-state index in [2.05, 4.69) is 5.32 Å². The molecule has 2 aromatic rings. The Morgan fingerprint density at radius 1 is 1.17 bits per heavy atom. The minimum atomic E-state index is -4.62. The summed E-state index contributed by atoms with van der Waals surface area (Å²) in [4.78, 5) is 12.1. The molecule has 1 N–H and O–H groups in total. The van der Waals surface area contributed by atoms with Gasteiger partial charge in [0, 0.05) is 19.2 Å². The van der Waals surface area contributed by atoms with Gasteiger partial charge in [0.15, 0.2) is 0 Å². The lowest BCUT2D eigenvalue weighted by Gasteiger charge is -2.13. The van der Waals surface area contributed by atoms with Crippen molar-refractivity contribution in [2.75, 3.05) is 7.11 Å². The highest BCUT2D eigenvalue weighted by Gasteiger charge is 2.34. The number of methoxy groups -OCH3 is 1. The van der Waals surface area contributed by atoms with E-state index in [0.717, 1.165) is 12.1 Å². The van der Waals surface area contributed by atoms with Crippen molar-refractivity contribution in [1.29, 1.82) is 0 Å². The summed E-state index contributed by atoms with van der Waals surface area (Å²) in [5.74, 6) is -1.30. The van der Waals surface area contributed by atoms with E-state index in [-0.39, 0.29) is 13.2 Å². The number of carbonyl (C=O) groups is 1. The zero-order valence-electron chi connectivity index (χ0n) is 12.8. The quantitative estimate of drug-likeness (QED) is 0.837. The number of halogens is 4. The van der Waals surface area contributed by atoms with Crippen molar-refractivity contribution in [2.24, 2.45) is 0 Å². The highest BCUT2D eigenvalue weighted by atomic mass is 19.4. The minimum Gasteiger partial charge on any atom is -0.380 e. The van der Waals surface area contributed by atoms with Crippen LogP contribution in [0.5, 0.6) is 0 Å². The molecule has 0 heterocycles. The third kappa shape index (κ3) is 4.32. The molecule has 0 radical (unpaired) electrons. The fourth-order valence-electron chi connectivity index (χ4n) is 2.21. The van der Waals surface area contributed by atoms with Gasteiger partial charge in [-0.2, -0.15) is 13.2 Å². The predicted octanol–water partition coefficient (Wildman–Crippen LogP) is 3.92. The highest BCUT2D eigenvalue weighted by Crippen LogP contribution is 2.31. The second-order valence-corrected chi connectivity index (χ2v) is 5.08. The molecule has 2 rings (SSSR count). The van der Waals surface area contributed by atoms with E-state index >= 15 is 0 Å². The molecule has 0 unspecified atom stereocenters. The van der Waals surface area contributed by atoms with Crippen LogP contribution < -0.4 is 5.32 Å². The Bertz CT molecular complexity index is 729. The number of rotatable bonds is 5. The summed E-state index contributed by atoms with van der Waals surface area (Å²) in [6.07, 6.45) is -4.62. The molecule has 0 spiro atoms. The number of amides is 1. The van der Waals surface area contributed by atoms with Gasteiger partial charge < -0.3 is 10.1 Å². The number of carbonyl (C=O) groups excluding carboxylic acids is 1. The van der Waals surface area contributed by atoms with Crippen molar-refractivity contribution in [3.63, 3.8) is 0 Å². The first-order chi connectivity index (χ1) is 11.3. The van der Waals surface area contributed by atoms with Gasteiger partial charge in [0.2, 0.25) is 0 Å².